The fourth-order valence-electron chi connectivity index (χ4n) is 10.0. The number of hydrogen-bond donors (Lipinski definition) is 0. The molecule has 0 aliphatic rings. The van der Waals surface area contributed by atoms with Crippen LogP contribution >= 0.6 is 0 Å². The Bertz CT molecular complexity index is 3640. The average Bonchev–Trinajstić information content (AvgIpc) is 3.86. The minimum atomic E-state index is 0.911. The van der Waals surface area contributed by atoms with Crippen LogP contribution in [-0.2, 0) is 0 Å². The van der Waals surface area contributed by atoms with E-state index >= 15 is 0 Å². The van der Waals surface area contributed by atoms with Gasteiger partial charge in [0.25, 0.3) is 0 Å². The molecule has 2 aromatic heterocycles. The standard InChI is InChI=1S/C56H32O2/c1-2-14-34-33(12-1)13-7-21-41(34)54-44-24-10-19-37(35-17-8-22-42-39(35)28-30-52-55(42)46-15-3-5-26-50(46)57-52)48(44)32-49-38(20-11-25-45(49)54)36-18-9-23-43-40(36)29-31-53-56(43)47-16-4-6-27-51(47)58-53/h1-32H. The summed E-state index contributed by atoms with van der Waals surface area (Å²) in [5.41, 5.74) is 10.9. The molecule has 0 radical (unpaired) electrons. The van der Waals surface area contributed by atoms with E-state index in [2.05, 4.69) is 182 Å². The van der Waals surface area contributed by atoms with E-state index in [4.69, 9.17) is 8.83 Å². The summed E-state index contributed by atoms with van der Waals surface area (Å²) in [5.74, 6) is 0. The average molecular weight is 737 g/mol. The molecule has 13 rings (SSSR count). The molecule has 0 saturated heterocycles. The van der Waals surface area contributed by atoms with Crippen LogP contribution in [0.5, 0.6) is 0 Å². The summed E-state index contributed by atoms with van der Waals surface area (Å²) in [5, 5.41) is 16.8. The summed E-state index contributed by atoms with van der Waals surface area (Å²) in [6.45, 7) is 0. The molecule has 2 nitrogen and oxygen atoms in total. The quantitative estimate of drug-likeness (QED) is 0.169. The molecular formula is C56H32O2. The van der Waals surface area contributed by atoms with Crippen molar-refractivity contribution in [3.63, 3.8) is 0 Å². The van der Waals surface area contributed by atoms with Crippen molar-refractivity contribution in [1.29, 1.82) is 0 Å². The van der Waals surface area contributed by atoms with Gasteiger partial charge in [0.1, 0.15) is 22.3 Å². The van der Waals surface area contributed by atoms with E-state index in [0.29, 0.717) is 0 Å². The monoisotopic (exact) mass is 736 g/mol. The molecule has 0 amide bonds. The van der Waals surface area contributed by atoms with Crippen LogP contribution in [-0.4, -0.2) is 0 Å². The topological polar surface area (TPSA) is 26.3 Å². The number of para-hydroxylation sites is 2. The third kappa shape index (κ3) is 4.37. The second-order valence-electron chi connectivity index (χ2n) is 15.5. The van der Waals surface area contributed by atoms with Crippen molar-refractivity contribution < 1.29 is 8.83 Å². The minimum Gasteiger partial charge on any atom is -0.456 e. The number of fused-ring (bicyclic) bond motifs is 13. The molecule has 268 valence electrons. The van der Waals surface area contributed by atoms with Gasteiger partial charge in [-0.3, -0.25) is 0 Å². The summed E-state index contributed by atoms with van der Waals surface area (Å²) in [7, 11) is 0. The summed E-state index contributed by atoms with van der Waals surface area (Å²) >= 11 is 0. The second-order valence-corrected chi connectivity index (χ2v) is 15.5. The lowest BCUT2D eigenvalue weighted by atomic mass is 9.84. The van der Waals surface area contributed by atoms with E-state index in [1.54, 1.807) is 0 Å². The van der Waals surface area contributed by atoms with Crippen LogP contribution in [0.25, 0.3) is 131 Å². The molecule has 13 aromatic rings. The summed E-state index contributed by atoms with van der Waals surface area (Å²) in [6.07, 6.45) is 0. The Balaban J connectivity index is 1.16. The normalized spacial score (nSPS) is 12.1. The zero-order chi connectivity index (χ0) is 37.9. The van der Waals surface area contributed by atoms with Gasteiger partial charge in [-0.25, -0.2) is 0 Å². The van der Waals surface area contributed by atoms with Crippen molar-refractivity contribution in [2.45, 2.75) is 0 Å². The molecule has 0 N–H and O–H groups in total. The van der Waals surface area contributed by atoms with E-state index < -0.39 is 0 Å². The molecule has 58 heavy (non-hydrogen) atoms. The summed E-state index contributed by atoms with van der Waals surface area (Å²) < 4.78 is 12.7. The van der Waals surface area contributed by atoms with Gasteiger partial charge in [-0.15, -0.1) is 0 Å². The molecule has 0 unspecified atom stereocenters. The number of hydrogen-bond acceptors (Lipinski definition) is 2. The fourth-order valence-corrected chi connectivity index (χ4v) is 10.0. The zero-order valence-electron chi connectivity index (χ0n) is 31.3. The second kappa shape index (κ2) is 11.9. The third-order valence-electron chi connectivity index (χ3n) is 12.5. The maximum Gasteiger partial charge on any atom is 0.136 e. The van der Waals surface area contributed by atoms with E-state index in [-0.39, 0.29) is 0 Å². The predicted octanol–water partition coefficient (Wildman–Crippen LogP) is 16.3. The van der Waals surface area contributed by atoms with Gasteiger partial charge in [0.15, 0.2) is 0 Å². The molecule has 0 fully saturated rings. The van der Waals surface area contributed by atoms with Gasteiger partial charge in [-0.05, 0) is 118 Å². The molecule has 0 atom stereocenters. The molecule has 0 saturated carbocycles. The van der Waals surface area contributed by atoms with Crippen molar-refractivity contribution in [1.82, 2.24) is 0 Å². The molecule has 0 aliphatic heterocycles. The lowest BCUT2D eigenvalue weighted by Crippen LogP contribution is -1.92. The highest BCUT2D eigenvalue weighted by Crippen LogP contribution is 2.48. The van der Waals surface area contributed by atoms with Crippen molar-refractivity contribution in [2.75, 3.05) is 0 Å². The van der Waals surface area contributed by atoms with Crippen LogP contribution in [0.4, 0.5) is 0 Å². The largest absolute Gasteiger partial charge is 0.456 e. The Kier molecular flexibility index (Phi) is 6.47. The SMILES string of the molecule is c1ccc2c(-c3c4cccc(-c5cccc6c5ccc5oc7ccccc7c56)c4cc4c(-c5cccc6c5ccc5oc7ccccc7c56)cccc34)cccc2c1. The molecule has 2 heteroatoms. The molecule has 11 aromatic carbocycles. The van der Waals surface area contributed by atoms with E-state index in [1.807, 2.05) is 12.1 Å². The van der Waals surface area contributed by atoms with Crippen molar-refractivity contribution in [3.8, 4) is 33.4 Å². The summed E-state index contributed by atoms with van der Waals surface area (Å²) in [4.78, 5) is 0. The Morgan fingerprint density at radius 2 is 0.621 bits per heavy atom. The summed E-state index contributed by atoms with van der Waals surface area (Å²) in [6, 6.07) is 70.6. The van der Waals surface area contributed by atoms with Crippen molar-refractivity contribution in [2.24, 2.45) is 0 Å². The third-order valence-corrected chi connectivity index (χ3v) is 12.5. The first kappa shape index (κ1) is 31.5. The molecular weight excluding hydrogens is 705 g/mol. The highest BCUT2D eigenvalue weighted by molar-refractivity contribution is 6.26. The van der Waals surface area contributed by atoms with Crippen molar-refractivity contribution >= 4 is 97.7 Å². The zero-order valence-corrected chi connectivity index (χ0v) is 31.3. The molecule has 0 bridgehead atoms. The van der Waals surface area contributed by atoms with E-state index in [0.717, 1.165) is 43.9 Å². The highest BCUT2D eigenvalue weighted by atomic mass is 16.3. The van der Waals surface area contributed by atoms with E-state index in [9.17, 15) is 0 Å². The van der Waals surface area contributed by atoms with Crippen LogP contribution in [0, 0.1) is 0 Å². The Morgan fingerprint density at radius 3 is 1.17 bits per heavy atom. The number of rotatable bonds is 3. The highest BCUT2D eigenvalue weighted by Gasteiger charge is 2.21. The first-order valence-corrected chi connectivity index (χ1v) is 19.9. The Morgan fingerprint density at radius 1 is 0.224 bits per heavy atom. The predicted molar refractivity (Wildman–Crippen MR) is 245 cm³/mol. The van der Waals surface area contributed by atoms with Gasteiger partial charge < -0.3 is 8.83 Å². The van der Waals surface area contributed by atoms with Gasteiger partial charge in [-0.1, -0.05) is 164 Å². The lowest BCUT2D eigenvalue weighted by molar-refractivity contribution is 0.669. The minimum absolute atomic E-state index is 0.911. The Labute approximate surface area is 332 Å². The van der Waals surface area contributed by atoms with Crippen LogP contribution in [0.2, 0.25) is 0 Å². The molecule has 0 spiro atoms. The first-order chi connectivity index (χ1) is 28.8. The molecule has 0 aliphatic carbocycles. The first-order valence-electron chi connectivity index (χ1n) is 19.9. The van der Waals surface area contributed by atoms with Crippen LogP contribution in [0.1, 0.15) is 0 Å². The maximum absolute atomic E-state index is 6.35. The van der Waals surface area contributed by atoms with Gasteiger partial charge >= 0.3 is 0 Å². The van der Waals surface area contributed by atoms with Gasteiger partial charge in [0.05, 0.1) is 0 Å². The van der Waals surface area contributed by atoms with Crippen molar-refractivity contribution in [3.05, 3.63) is 194 Å². The van der Waals surface area contributed by atoms with E-state index in [1.165, 1.54) is 87.2 Å². The van der Waals surface area contributed by atoms with Gasteiger partial charge in [0, 0.05) is 21.5 Å². The molecule has 2 heterocycles. The lowest BCUT2D eigenvalue weighted by Gasteiger charge is -2.19. The van der Waals surface area contributed by atoms with Crippen LogP contribution < -0.4 is 0 Å². The van der Waals surface area contributed by atoms with Gasteiger partial charge in [0.2, 0.25) is 0 Å². The van der Waals surface area contributed by atoms with Crippen LogP contribution in [0.15, 0.2) is 203 Å². The number of furan rings is 2. The smallest absolute Gasteiger partial charge is 0.136 e. The maximum atomic E-state index is 6.35. The van der Waals surface area contributed by atoms with Gasteiger partial charge in [-0.2, -0.15) is 0 Å². The van der Waals surface area contributed by atoms with Crippen LogP contribution in [0.3, 0.4) is 0 Å². The number of benzene rings is 11. The Hall–Kier alpha value is -7.68. The fraction of sp³-hybridized carbons (Fsp3) is 0.